The van der Waals surface area contributed by atoms with Gasteiger partial charge in [-0.2, -0.15) is 8.42 Å². The van der Waals surface area contributed by atoms with Crippen molar-refractivity contribution in [2.75, 3.05) is 27.9 Å². The normalized spacial score (nSPS) is 32.1. The number of ether oxygens (including phenoxy) is 4. The molecule has 12 nitrogen and oxygen atoms in total. The van der Waals surface area contributed by atoms with Crippen molar-refractivity contribution >= 4 is 22.7 Å². The smallest absolute Gasteiger partial charge is 0.382 e. The third kappa shape index (κ3) is 6.37. The quantitative estimate of drug-likeness (QED) is 0.166. The molecule has 1 aliphatic rings. The second kappa shape index (κ2) is 10.0. The maximum atomic E-state index is 11.0. The van der Waals surface area contributed by atoms with Crippen LogP contribution in [-0.2, 0) is 47.1 Å². The minimum Gasteiger partial charge on any atom is -0.382 e. The van der Waals surface area contributed by atoms with Crippen LogP contribution < -0.4 is 0 Å². The topological polar surface area (TPSA) is 148 Å². The van der Waals surface area contributed by atoms with Crippen LogP contribution in [0.5, 0.6) is 0 Å². The molecule has 1 aliphatic heterocycles. The Morgan fingerprint density at radius 1 is 1.13 bits per heavy atom. The summed E-state index contributed by atoms with van der Waals surface area (Å²) in [5.74, 6) is 0. The molecular formula is C9H18O12S2. The second-order valence-corrected chi connectivity index (χ2v) is 5.71. The van der Waals surface area contributed by atoms with Crippen molar-refractivity contribution in [3.05, 3.63) is 0 Å². The van der Waals surface area contributed by atoms with Gasteiger partial charge >= 0.3 is 10.4 Å². The van der Waals surface area contributed by atoms with Crippen molar-refractivity contribution in [1.82, 2.24) is 0 Å². The van der Waals surface area contributed by atoms with Gasteiger partial charge in [0.25, 0.3) is 0 Å². The van der Waals surface area contributed by atoms with Crippen LogP contribution in [0.25, 0.3) is 0 Å². The lowest BCUT2D eigenvalue weighted by atomic mass is 9.99. The molecule has 1 fully saturated rings. The first-order valence-corrected chi connectivity index (χ1v) is 8.07. The number of rotatable bonds is 10. The molecule has 14 heteroatoms. The molecule has 0 amide bonds. The number of hydrogen-bond acceptors (Lipinski definition) is 12. The molecule has 0 saturated carbocycles. The zero-order chi connectivity index (χ0) is 17.5. The van der Waals surface area contributed by atoms with Gasteiger partial charge in [0.1, 0.15) is 18.3 Å². The first-order valence-electron chi connectivity index (χ1n) is 6.03. The first-order chi connectivity index (χ1) is 10.9. The molecule has 23 heavy (non-hydrogen) atoms. The van der Waals surface area contributed by atoms with E-state index in [-0.39, 0.29) is 18.9 Å². The lowest BCUT2D eigenvalue weighted by Gasteiger charge is -2.43. The third-order valence-electron chi connectivity index (χ3n) is 2.87. The van der Waals surface area contributed by atoms with Gasteiger partial charge in [0.05, 0.1) is 6.61 Å². The van der Waals surface area contributed by atoms with Gasteiger partial charge in [0.15, 0.2) is 24.7 Å². The van der Waals surface area contributed by atoms with Crippen LogP contribution in [0.1, 0.15) is 0 Å². The van der Waals surface area contributed by atoms with Crippen LogP contribution in [0.2, 0.25) is 0 Å². The molecular weight excluding hydrogens is 364 g/mol. The van der Waals surface area contributed by atoms with Crippen molar-refractivity contribution in [1.29, 1.82) is 0 Å². The Bertz CT molecular complexity index is 430. The molecule has 0 aliphatic carbocycles. The maximum Gasteiger partial charge on any atom is 0.397 e. The molecule has 1 heterocycles. The number of hydrogen-bond donors (Lipinski definition) is 2. The summed E-state index contributed by atoms with van der Waals surface area (Å²) >= 11 is 0.181. The SMILES string of the molecule is COC[C@@H]1O[C@H](OC)C(OS(=O)(=O)O)C(OSOOO)[C@@H]1OC. The minimum absolute atomic E-state index is 0.0683. The van der Waals surface area contributed by atoms with E-state index in [0.717, 1.165) is 0 Å². The van der Waals surface area contributed by atoms with Crippen molar-refractivity contribution in [3.8, 4) is 0 Å². The van der Waals surface area contributed by atoms with Crippen molar-refractivity contribution in [3.63, 3.8) is 0 Å². The van der Waals surface area contributed by atoms with E-state index < -0.39 is 41.1 Å². The van der Waals surface area contributed by atoms with Gasteiger partial charge in [-0.15, -0.1) is 4.33 Å². The largest absolute Gasteiger partial charge is 0.397 e. The van der Waals surface area contributed by atoms with Crippen LogP contribution in [-0.4, -0.2) is 76.9 Å². The lowest BCUT2D eigenvalue weighted by Crippen LogP contribution is -2.61. The average Bonchev–Trinajstić information content (AvgIpc) is 2.48. The van der Waals surface area contributed by atoms with Gasteiger partial charge in [0, 0.05) is 21.3 Å². The molecule has 2 N–H and O–H groups in total. The van der Waals surface area contributed by atoms with Gasteiger partial charge in [-0.1, -0.05) is 5.04 Å². The van der Waals surface area contributed by atoms with Crippen LogP contribution >= 0.6 is 12.3 Å². The number of methoxy groups -OCH3 is 3. The molecule has 1 rings (SSSR count). The van der Waals surface area contributed by atoms with Gasteiger partial charge in [-0.3, -0.25) is 8.74 Å². The zero-order valence-corrected chi connectivity index (χ0v) is 14.0. The fourth-order valence-electron chi connectivity index (χ4n) is 2.08. The molecule has 0 bridgehead atoms. The van der Waals surface area contributed by atoms with Gasteiger partial charge in [-0.05, 0) is 0 Å². The molecule has 0 spiro atoms. The highest BCUT2D eigenvalue weighted by Gasteiger charge is 2.50. The van der Waals surface area contributed by atoms with E-state index in [1.165, 1.54) is 21.3 Å². The lowest BCUT2D eigenvalue weighted by molar-refractivity contribution is -0.435. The van der Waals surface area contributed by atoms with Gasteiger partial charge in [0.2, 0.25) is 0 Å². The second-order valence-electron chi connectivity index (χ2n) is 4.19. The fourth-order valence-corrected chi connectivity index (χ4v) is 2.93. The predicted octanol–water partition coefficient (Wildman–Crippen LogP) is -0.423. The van der Waals surface area contributed by atoms with Crippen molar-refractivity contribution < 1.29 is 54.9 Å². The first kappa shape index (κ1) is 20.9. The molecule has 0 aromatic carbocycles. The third-order valence-corrected chi connectivity index (χ3v) is 3.75. The molecule has 0 aromatic rings. The summed E-state index contributed by atoms with van der Waals surface area (Å²) < 4.78 is 65.5. The molecule has 5 atom stereocenters. The highest BCUT2D eigenvalue weighted by Crippen LogP contribution is 2.31. The maximum absolute atomic E-state index is 11.0. The van der Waals surface area contributed by atoms with E-state index in [0.29, 0.717) is 0 Å². The molecule has 2 unspecified atom stereocenters. The summed E-state index contributed by atoms with van der Waals surface area (Å²) in [4.78, 5) is 0. The Balaban J connectivity index is 3.03. The van der Waals surface area contributed by atoms with Gasteiger partial charge in [-0.25, -0.2) is 9.44 Å². The Labute approximate surface area is 137 Å². The zero-order valence-electron chi connectivity index (χ0n) is 12.4. The summed E-state index contributed by atoms with van der Waals surface area (Å²) in [6.07, 6.45) is -5.44. The molecule has 138 valence electrons. The summed E-state index contributed by atoms with van der Waals surface area (Å²) in [6, 6.07) is 0. The van der Waals surface area contributed by atoms with Crippen molar-refractivity contribution in [2.45, 2.75) is 30.7 Å². The highest BCUT2D eigenvalue weighted by atomic mass is 32.3. The van der Waals surface area contributed by atoms with E-state index in [1.54, 1.807) is 0 Å². The van der Waals surface area contributed by atoms with E-state index >= 15 is 0 Å². The van der Waals surface area contributed by atoms with Gasteiger partial charge < -0.3 is 18.9 Å². The van der Waals surface area contributed by atoms with E-state index in [1.807, 2.05) is 0 Å². The van der Waals surface area contributed by atoms with Crippen LogP contribution in [0, 0.1) is 0 Å². The predicted molar refractivity (Wildman–Crippen MR) is 72.0 cm³/mol. The Morgan fingerprint density at radius 3 is 2.30 bits per heavy atom. The van der Waals surface area contributed by atoms with Crippen LogP contribution in [0.3, 0.4) is 0 Å². The summed E-state index contributed by atoms with van der Waals surface area (Å²) in [5.41, 5.74) is 0. The Hall–Kier alpha value is -0.100. The van der Waals surface area contributed by atoms with E-state index in [2.05, 4.69) is 13.6 Å². The molecule has 0 radical (unpaired) electrons. The Kier molecular flexibility index (Phi) is 9.12. The van der Waals surface area contributed by atoms with Crippen LogP contribution in [0.4, 0.5) is 0 Å². The average molecular weight is 382 g/mol. The summed E-state index contributed by atoms with van der Waals surface area (Å²) in [7, 11) is -0.873. The molecule has 1 saturated heterocycles. The monoisotopic (exact) mass is 382 g/mol. The van der Waals surface area contributed by atoms with E-state index in [4.69, 9.17) is 32.9 Å². The Morgan fingerprint density at radius 2 is 1.83 bits per heavy atom. The highest BCUT2D eigenvalue weighted by molar-refractivity contribution is 7.89. The van der Waals surface area contributed by atoms with Crippen molar-refractivity contribution in [2.24, 2.45) is 0 Å². The molecule has 0 aromatic heterocycles. The summed E-state index contributed by atoms with van der Waals surface area (Å²) in [6.45, 7) is 0.0683. The van der Waals surface area contributed by atoms with Crippen LogP contribution in [0.15, 0.2) is 0 Å². The fraction of sp³-hybridized carbons (Fsp3) is 1.00. The van der Waals surface area contributed by atoms with E-state index in [9.17, 15) is 8.42 Å². The summed E-state index contributed by atoms with van der Waals surface area (Å²) in [5, 5.41) is 11.5. The standard InChI is InChI=1S/C9H18O12S2/c1-14-4-5-6(15-2)7(18-22-21-20-10)8(9(16-3)17-5)19-23(11,12)13/h5-10H,4H2,1-3H3,(H,11,12,13)/t5-,6+,7?,8?,9-/m0/s1. The minimum atomic E-state index is -4.85.